The van der Waals surface area contributed by atoms with Crippen LogP contribution in [0.1, 0.15) is 31.8 Å². The number of hydrogen-bond donors (Lipinski definition) is 3. The Morgan fingerprint density at radius 2 is 1.57 bits per heavy atom. The number of hydrogen-bond acceptors (Lipinski definition) is 3. The fourth-order valence-corrected chi connectivity index (χ4v) is 1.80. The number of carbonyl (C=O) groups is 2. The molecule has 21 heavy (non-hydrogen) atoms. The van der Waals surface area contributed by atoms with E-state index in [4.69, 9.17) is 0 Å². The normalized spacial score (nSPS) is 10.0. The molecule has 0 heterocycles. The summed E-state index contributed by atoms with van der Waals surface area (Å²) in [6.45, 7) is 3.86. The maximum atomic E-state index is 11.9. The predicted molar refractivity (Wildman–Crippen MR) is 79.0 cm³/mol. The van der Waals surface area contributed by atoms with Crippen LogP contribution in [-0.4, -0.2) is 16.9 Å². The molecule has 108 valence electrons. The first-order valence-electron chi connectivity index (χ1n) is 6.45. The van der Waals surface area contributed by atoms with E-state index in [1.54, 1.807) is 24.3 Å². The van der Waals surface area contributed by atoms with Gasteiger partial charge in [-0.2, -0.15) is 0 Å². The van der Waals surface area contributed by atoms with Crippen molar-refractivity contribution in [1.29, 1.82) is 0 Å². The average molecular weight is 284 g/mol. The van der Waals surface area contributed by atoms with E-state index >= 15 is 0 Å². The van der Waals surface area contributed by atoms with Crippen LogP contribution in [0.5, 0.6) is 5.75 Å². The summed E-state index contributed by atoms with van der Waals surface area (Å²) in [4.78, 5) is 23.8. The fraction of sp³-hybridized carbons (Fsp3) is 0.125. The van der Waals surface area contributed by atoms with E-state index in [1.165, 1.54) is 12.1 Å². The van der Waals surface area contributed by atoms with Crippen LogP contribution >= 0.6 is 0 Å². The van der Waals surface area contributed by atoms with Gasteiger partial charge in [0.05, 0.1) is 5.56 Å². The van der Waals surface area contributed by atoms with Crippen LogP contribution in [0.3, 0.4) is 0 Å². The average Bonchev–Trinajstić information content (AvgIpc) is 2.47. The van der Waals surface area contributed by atoms with Crippen molar-refractivity contribution in [3.63, 3.8) is 0 Å². The molecule has 3 N–H and O–H groups in total. The van der Waals surface area contributed by atoms with Crippen molar-refractivity contribution in [2.45, 2.75) is 13.8 Å². The quantitative estimate of drug-likeness (QED) is 0.739. The monoisotopic (exact) mass is 284 g/mol. The minimum Gasteiger partial charge on any atom is -0.507 e. The second kappa shape index (κ2) is 6.09. The molecular formula is C16H16N2O3. The van der Waals surface area contributed by atoms with E-state index < -0.39 is 11.8 Å². The third kappa shape index (κ3) is 3.39. The van der Waals surface area contributed by atoms with Crippen molar-refractivity contribution in [2.24, 2.45) is 0 Å². The van der Waals surface area contributed by atoms with E-state index in [0.29, 0.717) is 5.56 Å². The van der Waals surface area contributed by atoms with Gasteiger partial charge in [-0.3, -0.25) is 20.4 Å². The molecule has 2 aromatic rings. The van der Waals surface area contributed by atoms with Crippen LogP contribution in [0.2, 0.25) is 0 Å². The molecule has 5 heteroatoms. The van der Waals surface area contributed by atoms with Gasteiger partial charge >= 0.3 is 0 Å². The van der Waals surface area contributed by atoms with Crippen LogP contribution in [0.25, 0.3) is 0 Å². The second-order valence-electron chi connectivity index (χ2n) is 4.72. The molecule has 0 aliphatic carbocycles. The first-order chi connectivity index (χ1) is 9.99. The summed E-state index contributed by atoms with van der Waals surface area (Å²) < 4.78 is 0. The number of amides is 2. The Hall–Kier alpha value is -2.82. The molecule has 0 spiro atoms. The highest BCUT2D eigenvalue weighted by Crippen LogP contribution is 2.14. The number of aromatic hydroxyl groups is 1. The van der Waals surface area contributed by atoms with Crippen molar-refractivity contribution in [3.8, 4) is 5.75 Å². The summed E-state index contributed by atoms with van der Waals surface area (Å²) in [5.41, 5.74) is 7.23. The van der Waals surface area contributed by atoms with Crippen LogP contribution in [0, 0.1) is 13.8 Å². The standard InChI is InChI=1S/C16H16N2O3/c1-10-7-8-12(9-11(10)2)15(20)17-18-16(21)13-5-3-4-6-14(13)19/h3-9,19H,1-2H3,(H,17,20)(H,18,21). The van der Waals surface area contributed by atoms with Gasteiger partial charge < -0.3 is 5.11 Å². The number of para-hydroxylation sites is 1. The Kier molecular flexibility index (Phi) is 4.23. The number of phenolic OH excluding ortho intramolecular Hbond substituents is 1. The molecule has 0 aromatic heterocycles. The molecular weight excluding hydrogens is 268 g/mol. The zero-order chi connectivity index (χ0) is 15.4. The largest absolute Gasteiger partial charge is 0.507 e. The number of nitrogens with one attached hydrogen (secondary N) is 2. The Morgan fingerprint density at radius 1 is 0.905 bits per heavy atom. The van der Waals surface area contributed by atoms with Crippen molar-refractivity contribution in [2.75, 3.05) is 0 Å². The van der Waals surface area contributed by atoms with Gasteiger partial charge in [-0.1, -0.05) is 18.2 Å². The van der Waals surface area contributed by atoms with Crippen molar-refractivity contribution in [3.05, 3.63) is 64.7 Å². The summed E-state index contributed by atoms with van der Waals surface area (Å²) in [5, 5.41) is 9.56. The van der Waals surface area contributed by atoms with E-state index in [1.807, 2.05) is 19.9 Å². The van der Waals surface area contributed by atoms with Crippen molar-refractivity contribution in [1.82, 2.24) is 10.9 Å². The first kappa shape index (κ1) is 14.6. The molecule has 0 atom stereocenters. The molecule has 0 saturated carbocycles. The van der Waals surface area contributed by atoms with Gasteiger partial charge in [0.25, 0.3) is 11.8 Å². The lowest BCUT2D eigenvalue weighted by atomic mass is 10.1. The SMILES string of the molecule is Cc1ccc(C(=O)NNC(=O)c2ccccc2O)cc1C. The van der Waals surface area contributed by atoms with Crippen LogP contribution in [0.15, 0.2) is 42.5 Å². The lowest BCUT2D eigenvalue weighted by Crippen LogP contribution is -2.41. The molecule has 0 saturated heterocycles. The van der Waals surface area contributed by atoms with Gasteiger partial charge in [-0.15, -0.1) is 0 Å². The molecule has 0 aliphatic rings. The number of aryl methyl sites for hydroxylation is 2. The summed E-state index contributed by atoms with van der Waals surface area (Å²) >= 11 is 0. The van der Waals surface area contributed by atoms with Gasteiger partial charge in [0, 0.05) is 5.56 Å². The number of hydrazine groups is 1. The van der Waals surface area contributed by atoms with Gasteiger partial charge in [-0.05, 0) is 49.2 Å². The van der Waals surface area contributed by atoms with Crippen molar-refractivity contribution >= 4 is 11.8 Å². The lowest BCUT2D eigenvalue weighted by Gasteiger charge is -2.09. The highest BCUT2D eigenvalue weighted by molar-refractivity contribution is 6.00. The highest BCUT2D eigenvalue weighted by atomic mass is 16.3. The Labute approximate surface area is 122 Å². The zero-order valence-corrected chi connectivity index (χ0v) is 11.8. The van der Waals surface area contributed by atoms with E-state index in [-0.39, 0.29) is 11.3 Å². The third-order valence-corrected chi connectivity index (χ3v) is 3.21. The highest BCUT2D eigenvalue weighted by Gasteiger charge is 2.12. The summed E-state index contributed by atoms with van der Waals surface area (Å²) in [6.07, 6.45) is 0. The topological polar surface area (TPSA) is 78.4 Å². The lowest BCUT2D eigenvalue weighted by molar-refractivity contribution is 0.0845. The Morgan fingerprint density at radius 3 is 2.24 bits per heavy atom. The molecule has 0 aliphatic heterocycles. The smallest absolute Gasteiger partial charge is 0.273 e. The third-order valence-electron chi connectivity index (χ3n) is 3.21. The van der Waals surface area contributed by atoms with E-state index in [0.717, 1.165) is 11.1 Å². The van der Waals surface area contributed by atoms with Crippen LogP contribution in [-0.2, 0) is 0 Å². The number of carbonyl (C=O) groups excluding carboxylic acids is 2. The Bertz CT molecular complexity index is 696. The molecule has 5 nitrogen and oxygen atoms in total. The minimum atomic E-state index is -0.578. The van der Waals surface area contributed by atoms with Gasteiger partial charge in [0.15, 0.2) is 0 Å². The van der Waals surface area contributed by atoms with E-state index in [9.17, 15) is 14.7 Å². The molecule has 0 fully saturated rings. The number of benzene rings is 2. The number of rotatable bonds is 2. The van der Waals surface area contributed by atoms with Crippen LogP contribution < -0.4 is 10.9 Å². The molecule has 0 unspecified atom stereocenters. The second-order valence-corrected chi connectivity index (χ2v) is 4.72. The maximum absolute atomic E-state index is 11.9. The summed E-state index contributed by atoms with van der Waals surface area (Å²) in [5.74, 6) is -1.14. The molecule has 0 radical (unpaired) electrons. The maximum Gasteiger partial charge on any atom is 0.273 e. The zero-order valence-electron chi connectivity index (χ0n) is 11.8. The predicted octanol–water partition coefficient (Wildman–Crippen LogP) is 2.08. The molecule has 2 amide bonds. The first-order valence-corrected chi connectivity index (χ1v) is 6.45. The minimum absolute atomic E-state index is 0.0953. The van der Waals surface area contributed by atoms with Crippen molar-refractivity contribution < 1.29 is 14.7 Å². The van der Waals surface area contributed by atoms with Gasteiger partial charge in [0.1, 0.15) is 5.75 Å². The number of phenols is 1. The fourth-order valence-electron chi connectivity index (χ4n) is 1.80. The van der Waals surface area contributed by atoms with Gasteiger partial charge in [-0.25, -0.2) is 0 Å². The summed E-state index contributed by atoms with van der Waals surface area (Å²) in [7, 11) is 0. The summed E-state index contributed by atoms with van der Waals surface area (Å²) in [6, 6.07) is 11.4. The Balaban J connectivity index is 2.02. The molecule has 2 aromatic carbocycles. The van der Waals surface area contributed by atoms with Crippen LogP contribution in [0.4, 0.5) is 0 Å². The molecule has 2 rings (SSSR count). The van der Waals surface area contributed by atoms with Gasteiger partial charge in [0.2, 0.25) is 0 Å². The molecule has 0 bridgehead atoms. The van der Waals surface area contributed by atoms with E-state index in [2.05, 4.69) is 10.9 Å².